The summed E-state index contributed by atoms with van der Waals surface area (Å²) >= 11 is 0. The molecule has 0 fully saturated rings. The summed E-state index contributed by atoms with van der Waals surface area (Å²) in [5.41, 5.74) is 4.94. The molecular formula is C20H21N. The highest BCUT2D eigenvalue weighted by molar-refractivity contribution is 5.86. The molecule has 3 rings (SSSR count). The summed E-state index contributed by atoms with van der Waals surface area (Å²) in [5.74, 6) is 0.681. The first-order chi connectivity index (χ1) is 10.1. The van der Waals surface area contributed by atoms with Gasteiger partial charge in [-0.1, -0.05) is 56.3 Å². The zero-order valence-corrected chi connectivity index (χ0v) is 12.9. The van der Waals surface area contributed by atoms with Gasteiger partial charge in [0.25, 0.3) is 0 Å². The van der Waals surface area contributed by atoms with Crippen LogP contribution in [0.15, 0.2) is 54.7 Å². The van der Waals surface area contributed by atoms with Crippen LogP contribution < -0.4 is 0 Å². The molecule has 0 saturated carbocycles. The van der Waals surface area contributed by atoms with Gasteiger partial charge in [0.05, 0.1) is 5.69 Å². The average molecular weight is 275 g/mol. The minimum Gasteiger partial charge on any atom is -0.256 e. The molecule has 2 aromatic carbocycles. The molecule has 0 amide bonds. The number of hydrogen-bond donors (Lipinski definition) is 0. The van der Waals surface area contributed by atoms with Crippen LogP contribution in [0.3, 0.4) is 0 Å². The summed E-state index contributed by atoms with van der Waals surface area (Å²) in [6.45, 7) is 6.65. The van der Waals surface area contributed by atoms with Crippen molar-refractivity contribution in [3.63, 3.8) is 0 Å². The number of rotatable bonds is 3. The topological polar surface area (TPSA) is 12.9 Å². The lowest BCUT2D eigenvalue weighted by Crippen LogP contribution is -1.94. The minimum absolute atomic E-state index is 0.681. The first kappa shape index (κ1) is 13.8. The fourth-order valence-electron chi connectivity index (χ4n) is 2.80. The number of aryl methyl sites for hydroxylation is 1. The van der Waals surface area contributed by atoms with Gasteiger partial charge in [0.1, 0.15) is 0 Å². The van der Waals surface area contributed by atoms with Crippen molar-refractivity contribution in [3.8, 4) is 11.3 Å². The molecule has 3 aromatic rings. The van der Waals surface area contributed by atoms with E-state index in [0.29, 0.717) is 5.92 Å². The molecule has 1 aromatic heterocycles. The lowest BCUT2D eigenvalue weighted by atomic mass is 9.99. The van der Waals surface area contributed by atoms with Crippen molar-refractivity contribution in [2.24, 2.45) is 5.92 Å². The highest BCUT2D eigenvalue weighted by Gasteiger charge is 2.05. The first-order valence-electron chi connectivity index (χ1n) is 7.58. The molecule has 0 atom stereocenters. The van der Waals surface area contributed by atoms with Crippen molar-refractivity contribution in [1.29, 1.82) is 0 Å². The van der Waals surface area contributed by atoms with Crippen LogP contribution >= 0.6 is 0 Å². The van der Waals surface area contributed by atoms with Crippen molar-refractivity contribution in [3.05, 3.63) is 65.9 Å². The largest absolute Gasteiger partial charge is 0.256 e. The Morgan fingerprint density at radius 3 is 2.52 bits per heavy atom. The average Bonchev–Trinajstić information content (AvgIpc) is 2.46. The van der Waals surface area contributed by atoms with Crippen LogP contribution in [-0.2, 0) is 6.42 Å². The second kappa shape index (κ2) is 5.69. The Morgan fingerprint density at radius 1 is 0.952 bits per heavy atom. The summed E-state index contributed by atoms with van der Waals surface area (Å²) in [7, 11) is 0. The molecule has 0 saturated heterocycles. The Bertz CT molecular complexity index is 772. The smallest absolute Gasteiger partial charge is 0.0711 e. The Balaban J connectivity index is 2.08. The van der Waals surface area contributed by atoms with Gasteiger partial charge in [0, 0.05) is 17.1 Å². The SMILES string of the molecule is Cc1ccccc1-c1cc2cc(CC(C)C)ccc2cn1. The van der Waals surface area contributed by atoms with E-state index in [4.69, 9.17) is 0 Å². The standard InChI is InChI=1S/C20H21N/c1-14(2)10-16-8-9-17-13-21-20(12-18(17)11-16)19-7-5-4-6-15(19)3/h4-9,11-14H,10H2,1-3H3. The monoisotopic (exact) mass is 275 g/mol. The maximum absolute atomic E-state index is 4.63. The highest BCUT2D eigenvalue weighted by atomic mass is 14.7. The Morgan fingerprint density at radius 2 is 1.76 bits per heavy atom. The molecule has 1 nitrogen and oxygen atoms in total. The van der Waals surface area contributed by atoms with Crippen molar-refractivity contribution < 1.29 is 0 Å². The fourth-order valence-corrected chi connectivity index (χ4v) is 2.80. The van der Waals surface area contributed by atoms with E-state index in [1.165, 1.54) is 27.5 Å². The second-order valence-electron chi connectivity index (χ2n) is 6.16. The van der Waals surface area contributed by atoms with E-state index >= 15 is 0 Å². The molecule has 0 aliphatic carbocycles. The zero-order chi connectivity index (χ0) is 14.8. The lowest BCUT2D eigenvalue weighted by Gasteiger charge is -2.09. The summed E-state index contributed by atoms with van der Waals surface area (Å²) < 4.78 is 0. The van der Waals surface area contributed by atoms with E-state index in [1.54, 1.807) is 0 Å². The predicted molar refractivity (Wildman–Crippen MR) is 90.5 cm³/mol. The van der Waals surface area contributed by atoms with Crippen LogP contribution in [0.4, 0.5) is 0 Å². The van der Waals surface area contributed by atoms with Gasteiger partial charge in [-0.05, 0) is 41.8 Å². The van der Waals surface area contributed by atoms with Crippen molar-refractivity contribution in [1.82, 2.24) is 4.98 Å². The van der Waals surface area contributed by atoms with E-state index in [0.717, 1.165) is 12.1 Å². The van der Waals surface area contributed by atoms with Crippen LogP contribution in [0, 0.1) is 12.8 Å². The lowest BCUT2D eigenvalue weighted by molar-refractivity contribution is 0.648. The molecule has 1 heterocycles. The predicted octanol–water partition coefficient (Wildman–Crippen LogP) is 5.41. The van der Waals surface area contributed by atoms with Crippen molar-refractivity contribution in [2.45, 2.75) is 27.2 Å². The number of benzene rings is 2. The zero-order valence-electron chi connectivity index (χ0n) is 12.9. The van der Waals surface area contributed by atoms with Crippen LogP contribution in [0.5, 0.6) is 0 Å². The van der Waals surface area contributed by atoms with E-state index in [2.05, 4.69) is 74.3 Å². The van der Waals surface area contributed by atoms with Gasteiger partial charge < -0.3 is 0 Å². The van der Waals surface area contributed by atoms with Gasteiger partial charge in [0.15, 0.2) is 0 Å². The van der Waals surface area contributed by atoms with Gasteiger partial charge in [-0.2, -0.15) is 0 Å². The summed E-state index contributed by atoms with van der Waals surface area (Å²) in [6.07, 6.45) is 3.11. The van der Waals surface area contributed by atoms with Crippen LogP contribution in [-0.4, -0.2) is 4.98 Å². The molecule has 0 aliphatic heterocycles. The third-order valence-corrected chi connectivity index (χ3v) is 3.85. The molecule has 0 spiro atoms. The van der Waals surface area contributed by atoms with E-state index in [-0.39, 0.29) is 0 Å². The molecule has 21 heavy (non-hydrogen) atoms. The fraction of sp³-hybridized carbons (Fsp3) is 0.250. The Labute approximate surface area is 126 Å². The van der Waals surface area contributed by atoms with E-state index < -0.39 is 0 Å². The van der Waals surface area contributed by atoms with Gasteiger partial charge in [-0.3, -0.25) is 4.98 Å². The number of fused-ring (bicyclic) bond motifs is 1. The normalized spacial score (nSPS) is 11.2. The van der Waals surface area contributed by atoms with Crippen molar-refractivity contribution in [2.75, 3.05) is 0 Å². The number of nitrogens with zero attached hydrogens (tertiary/aromatic N) is 1. The number of pyridine rings is 1. The molecule has 0 radical (unpaired) electrons. The quantitative estimate of drug-likeness (QED) is 0.623. The molecule has 0 aliphatic rings. The van der Waals surface area contributed by atoms with E-state index in [1.807, 2.05) is 6.20 Å². The van der Waals surface area contributed by atoms with E-state index in [9.17, 15) is 0 Å². The van der Waals surface area contributed by atoms with Crippen LogP contribution in [0.2, 0.25) is 0 Å². The van der Waals surface area contributed by atoms with Gasteiger partial charge in [-0.15, -0.1) is 0 Å². The second-order valence-corrected chi connectivity index (χ2v) is 6.16. The van der Waals surface area contributed by atoms with Crippen LogP contribution in [0.25, 0.3) is 22.0 Å². The van der Waals surface area contributed by atoms with Gasteiger partial charge in [0.2, 0.25) is 0 Å². The summed E-state index contributed by atoms with van der Waals surface area (Å²) in [5, 5.41) is 2.49. The van der Waals surface area contributed by atoms with Gasteiger partial charge in [-0.25, -0.2) is 0 Å². The minimum atomic E-state index is 0.681. The maximum atomic E-state index is 4.63. The maximum Gasteiger partial charge on any atom is 0.0711 e. The number of hydrogen-bond acceptors (Lipinski definition) is 1. The first-order valence-corrected chi connectivity index (χ1v) is 7.58. The third kappa shape index (κ3) is 2.97. The molecule has 0 bridgehead atoms. The Kier molecular flexibility index (Phi) is 3.74. The molecule has 1 heteroatoms. The molecular weight excluding hydrogens is 254 g/mol. The third-order valence-electron chi connectivity index (χ3n) is 3.85. The molecule has 0 N–H and O–H groups in total. The molecule has 106 valence electrons. The summed E-state index contributed by atoms with van der Waals surface area (Å²) in [6, 6.07) is 17.3. The van der Waals surface area contributed by atoms with Gasteiger partial charge >= 0.3 is 0 Å². The highest BCUT2D eigenvalue weighted by Crippen LogP contribution is 2.25. The van der Waals surface area contributed by atoms with Crippen LogP contribution in [0.1, 0.15) is 25.0 Å². The molecule has 0 unspecified atom stereocenters. The Hall–Kier alpha value is -2.15. The summed E-state index contributed by atoms with van der Waals surface area (Å²) in [4.78, 5) is 4.63. The van der Waals surface area contributed by atoms with Crippen molar-refractivity contribution >= 4 is 10.8 Å². The number of aromatic nitrogens is 1.